The van der Waals surface area contributed by atoms with Crippen LogP contribution in [0.4, 0.5) is 10.7 Å². The van der Waals surface area contributed by atoms with E-state index in [1.54, 1.807) is 45.0 Å². The average Bonchev–Trinajstić information content (AvgIpc) is 2.93. The van der Waals surface area contributed by atoms with E-state index in [4.69, 9.17) is 14.0 Å². The molecule has 11 heteroatoms. The highest BCUT2D eigenvalue weighted by atomic mass is 16.7. The third-order valence-corrected chi connectivity index (χ3v) is 6.48. The minimum atomic E-state index is -0.681. The van der Waals surface area contributed by atoms with Gasteiger partial charge in [0, 0.05) is 43.5 Å². The number of nitrogens with one attached hydrogen (secondary N) is 1. The van der Waals surface area contributed by atoms with Gasteiger partial charge in [-0.25, -0.2) is 14.8 Å². The quantitative estimate of drug-likeness (QED) is 0.657. The van der Waals surface area contributed by atoms with E-state index >= 15 is 0 Å². The van der Waals surface area contributed by atoms with Gasteiger partial charge in [0.15, 0.2) is 0 Å². The topological polar surface area (TPSA) is 106 Å². The van der Waals surface area contributed by atoms with Crippen LogP contribution >= 0.6 is 0 Å². The summed E-state index contributed by atoms with van der Waals surface area (Å²) in [7, 11) is -0.508. The molecule has 3 rings (SSSR count). The molecular formula is C23H38BN5O5. The Hall–Kier alpha value is -2.40. The van der Waals surface area contributed by atoms with Crippen LogP contribution in [0.5, 0.6) is 0 Å². The number of carbonyl (C=O) groups is 2. The van der Waals surface area contributed by atoms with Crippen LogP contribution in [0.1, 0.15) is 62.3 Å². The van der Waals surface area contributed by atoms with Crippen LogP contribution in [0.15, 0.2) is 12.4 Å². The molecule has 2 amide bonds. The molecule has 2 saturated heterocycles. The number of piperazine rings is 1. The van der Waals surface area contributed by atoms with Crippen molar-refractivity contribution in [1.82, 2.24) is 20.2 Å². The molecule has 34 heavy (non-hydrogen) atoms. The molecular weight excluding hydrogens is 437 g/mol. The normalized spacial score (nSPS) is 23.0. The van der Waals surface area contributed by atoms with Crippen molar-refractivity contribution in [3.8, 4) is 0 Å². The maximum Gasteiger partial charge on any atom is 0.498 e. The monoisotopic (exact) mass is 475 g/mol. The molecule has 1 aromatic rings. The van der Waals surface area contributed by atoms with Crippen molar-refractivity contribution in [1.29, 1.82) is 0 Å². The van der Waals surface area contributed by atoms with Crippen molar-refractivity contribution in [2.24, 2.45) is 0 Å². The van der Waals surface area contributed by atoms with Crippen LogP contribution in [0.25, 0.3) is 0 Å². The summed E-state index contributed by atoms with van der Waals surface area (Å²) in [6.45, 7) is 18.7. The molecule has 0 aromatic carbocycles. The van der Waals surface area contributed by atoms with E-state index in [2.05, 4.69) is 20.2 Å². The van der Waals surface area contributed by atoms with Gasteiger partial charge >= 0.3 is 13.2 Å². The molecule has 0 saturated carbocycles. The van der Waals surface area contributed by atoms with Crippen LogP contribution in [0, 0.1) is 0 Å². The zero-order valence-electron chi connectivity index (χ0n) is 21.8. The Bertz CT molecular complexity index is 886. The largest absolute Gasteiger partial charge is 0.498 e. The van der Waals surface area contributed by atoms with Gasteiger partial charge < -0.3 is 29.2 Å². The highest BCUT2D eigenvalue weighted by Gasteiger charge is 2.52. The summed E-state index contributed by atoms with van der Waals surface area (Å²) in [5.74, 6) is 0.453. The van der Waals surface area contributed by atoms with Gasteiger partial charge in [0.25, 0.3) is 0 Å². The summed E-state index contributed by atoms with van der Waals surface area (Å²) in [6.07, 6.45) is 2.87. The van der Waals surface area contributed by atoms with Crippen molar-refractivity contribution < 1.29 is 23.6 Å². The lowest BCUT2D eigenvalue weighted by Crippen LogP contribution is -2.58. The lowest BCUT2D eigenvalue weighted by atomic mass is 9.81. The number of hydrogen-bond acceptors (Lipinski definition) is 8. The van der Waals surface area contributed by atoms with Crippen LogP contribution in [-0.2, 0) is 18.8 Å². The van der Waals surface area contributed by atoms with Gasteiger partial charge in [0.05, 0.1) is 11.2 Å². The second kappa shape index (κ2) is 9.33. The first-order valence-electron chi connectivity index (χ1n) is 11.8. The SMILES string of the molecule is C[C@@H]1CN(c2ncc(B3OC(C)(C)C(C)(C)O3)cn2)CCN1C(=O)[C@@H](C)NC(=O)OC(C)(C)C. The number of ether oxygens (including phenoxy) is 1. The van der Waals surface area contributed by atoms with Crippen molar-refractivity contribution in [2.75, 3.05) is 24.5 Å². The van der Waals surface area contributed by atoms with Crippen LogP contribution in [0.2, 0.25) is 0 Å². The molecule has 2 fully saturated rings. The minimum Gasteiger partial charge on any atom is -0.444 e. The van der Waals surface area contributed by atoms with E-state index < -0.39 is 36.1 Å². The van der Waals surface area contributed by atoms with E-state index in [0.717, 1.165) is 5.46 Å². The standard InChI is InChI=1S/C23H38BN5O5/c1-15-14-28(10-11-29(15)18(30)16(2)27-20(31)32-21(3,4)5)19-25-12-17(13-26-19)24-33-22(6,7)23(8,9)34-24/h12-13,15-16H,10-11,14H2,1-9H3,(H,27,31)/t15-,16-/m1/s1. The Morgan fingerprint density at radius 1 is 1.15 bits per heavy atom. The van der Waals surface area contributed by atoms with Gasteiger partial charge in [-0.15, -0.1) is 0 Å². The molecule has 1 N–H and O–H groups in total. The van der Waals surface area contributed by atoms with E-state index in [1.165, 1.54) is 0 Å². The summed E-state index contributed by atoms with van der Waals surface area (Å²) in [4.78, 5) is 37.8. The molecule has 2 aliphatic heterocycles. The fourth-order valence-corrected chi connectivity index (χ4v) is 3.86. The number of rotatable bonds is 4. The second-order valence-electron chi connectivity index (χ2n) is 11.1. The predicted octanol–water partition coefficient (Wildman–Crippen LogP) is 1.73. The number of carbonyl (C=O) groups excluding carboxylic acids is 2. The highest BCUT2D eigenvalue weighted by Crippen LogP contribution is 2.36. The molecule has 188 valence electrons. The molecule has 2 aliphatic rings. The molecule has 3 heterocycles. The van der Waals surface area contributed by atoms with E-state index in [-0.39, 0.29) is 11.9 Å². The lowest BCUT2D eigenvalue weighted by Gasteiger charge is -2.40. The van der Waals surface area contributed by atoms with Crippen molar-refractivity contribution >= 4 is 30.5 Å². The number of nitrogens with zero attached hydrogens (tertiary/aromatic N) is 4. The fourth-order valence-electron chi connectivity index (χ4n) is 3.86. The minimum absolute atomic E-state index is 0.0736. The van der Waals surface area contributed by atoms with Gasteiger partial charge in [-0.2, -0.15) is 0 Å². The predicted molar refractivity (Wildman–Crippen MR) is 130 cm³/mol. The number of anilines is 1. The Labute approximate surface area is 202 Å². The van der Waals surface area contributed by atoms with Crippen LogP contribution < -0.4 is 15.7 Å². The second-order valence-corrected chi connectivity index (χ2v) is 11.1. The van der Waals surface area contributed by atoms with Crippen LogP contribution in [-0.4, -0.2) is 82.5 Å². The summed E-state index contributed by atoms with van der Waals surface area (Å²) in [5.41, 5.74) is -0.705. The molecule has 0 radical (unpaired) electrons. The first-order chi connectivity index (χ1) is 15.6. The zero-order chi connectivity index (χ0) is 25.5. The van der Waals surface area contributed by atoms with Gasteiger partial charge in [0.1, 0.15) is 11.6 Å². The smallest absolute Gasteiger partial charge is 0.444 e. The highest BCUT2D eigenvalue weighted by molar-refractivity contribution is 6.61. The average molecular weight is 475 g/mol. The summed E-state index contributed by atoms with van der Waals surface area (Å²) in [5, 5.41) is 2.63. The van der Waals surface area contributed by atoms with Gasteiger partial charge in [0.2, 0.25) is 11.9 Å². The first kappa shape index (κ1) is 26.2. The molecule has 0 bridgehead atoms. The van der Waals surface area contributed by atoms with Crippen LogP contribution in [0.3, 0.4) is 0 Å². The van der Waals surface area contributed by atoms with Crippen molar-refractivity contribution in [3.63, 3.8) is 0 Å². The van der Waals surface area contributed by atoms with E-state index in [9.17, 15) is 9.59 Å². The van der Waals surface area contributed by atoms with E-state index in [1.807, 2.05) is 34.6 Å². The molecule has 2 atom stereocenters. The molecule has 0 aliphatic carbocycles. The Balaban J connectivity index is 1.57. The molecule has 0 unspecified atom stereocenters. The summed E-state index contributed by atoms with van der Waals surface area (Å²) < 4.78 is 17.4. The Morgan fingerprint density at radius 3 is 2.21 bits per heavy atom. The van der Waals surface area contributed by atoms with Gasteiger partial charge in [-0.3, -0.25) is 4.79 Å². The summed E-state index contributed by atoms with van der Waals surface area (Å²) in [6, 6.07) is -0.755. The lowest BCUT2D eigenvalue weighted by molar-refractivity contribution is -0.135. The fraction of sp³-hybridized carbons (Fsp3) is 0.739. The zero-order valence-corrected chi connectivity index (χ0v) is 21.8. The molecule has 1 aromatic heterocycles. The maximum absolute atomic E-state index is 12.9. The number of hydrogen-bond donors (Lipinski definition) is 1. The third kappa shape index (κ3) is 5.80. The van der Waals surface area contributed by atoms with E-state index in [0.29, 0.717) is 25.6 Å². The number of amides is 2. The molecule has 10 nitrogen and oxygen atoms in total. The third-order valence-electron chi connectivity index (χ3n) is 6.48. The van der Waals surface area contributed by atoms with Crippen molar-refractivity contribution in [2.45, 2.75) is 91.2 Å². The van der Waals surface area contributed by atoms with Gasteiger partial charge in [-0.05, 0) is 62.3 Å². The Morgan fingerprint density at radius 2 is 1.71 bits per heavy atom. The first-order valence-corrected chi connectivity index (χ1v) is 11.8. The molecule has 0 spiro atoms. The number of aromatic nitrogens is 2. The van der Waals surface area contributed by atoms with Gasteiger partial charge in [-0.1, -0.05) is 0 Å². The van der Waals surface area contributed by atoms with Crippen molar-refractivity contribution in [3.05, 3.63) is 12.4 Å². The number of alkyl carbamates (subject to hydrolysis) is 1. The summed E-state index contributed by atoms with van der Waals surface area (Å²) >= 11 is 0. The Kier molecular flexibility index (Phi) is 7.20. The maximum atomic E-state index is 12.9.